The second-order valence-electron chi connectivity index (χ2n) is 4.42. The molecule has 20 heavy (non-hydrogen) atoms. The SMILES string of the molecule is CNC(Cc1ccc(Br)cc1Cl)c1cccc(F)c1Br. The molecule has 1 nitrogen and oxygen atoms in total. The van der Waals surface area contributed by atoms with Crippen LogP contribution >= 0.6 is 43.5 Å². The van der Waals surface area contributed by atoms with E-state index in [0.29, 0.717) is 15.9 Å². The molecule has 1 N–H and O–H groups in total. The monoisotopic (exact) mass is 419 g/mol. The number of rotatable bonds is 4. The molecule has 0 heterocycles. The maximum atomic E-state index is 13.6. The molecule has 0 aliphatic rings. The predicted octanol–water partition coefficient (Wildman–Crippen LogP) is 5.51. The summed E-state index contributed by atoms with van der Waals surface area (Å²) < 4.78 is 15.1. The lowest BCUT2D eigenvalue weighted by molar-refractivity contribution is 0.571. The Morgan fingerprint density at radius 3 is 2.65 bits per heavy atom. The molecule has 5 heteroatoms. The first-order valence-corrected chi connectivity index (χ1v) is 8.04. The third-order valence-corrected chi connectivity index (χ3v) is 4.83. The van der Waals surface area contributed by atoms with Crippen LogP contribution in [0, 0.1) is 5.82 Å². The summed E-state index contributed by atoms with van der Waals surface area (Å²) in [5.41, 5.74) is 1.90. The third-order valence-electron chi connectivity index (χ3n) is 3.14. The summed E-state index contributed by atoms with van der Waals surface area (Å²) >= 11 is 12.9. The fraction of sp³-hybridized carbons (Fsp3) is 0.200. The topological polar surface area (TPSA) is 12.0 Å². The van der Waals surface area contributed by atoms with E-state index in [2.05, 4.69) is 37.2 Å². The van der Waals surface area contributed by atoms with Crippen LogP contribution in [0.2, 0.25) is 5.02 Å². The Morgan fingerprint density at radius 2 is 2.00 bits per heavy atom. The first-order chi connectivity index (χ1) is 9.52. The third kappa shape index (κ3) is 3.61. The molecule has 0 aliphatic carbocycles. The van der Waals surface area contributed by atoms with Crippen molar-refractivity contribution in [2.75, 3.05) is 7.05 Å². The van der Waals surface area contributed by atoms with Crippen LogP contribution in [0.3, 0.4) is 0 Å². The normalized spacial score (nSPS) is 12.4. The average Bonchev–Trinajstić information content (AvgIpc) is 2.42. The zero-order valence-corrected chi connectivity index (χ0v) is 14.7. The van der Waals surface area contributed by atoms with Crippen molar-refractivity contribution in [2.24, 2.45) is 0 Å². The van der Waals surface area contributed by atoms with E-state index < -0.39 is 0 Å². The minimum absolute atomic E-state index is 0.0150. The lowest BCUT2D eigenvalue weighted by Gasteiger charge is -2.19. The van der Waals surface area contributed by atoms with E-state index >= 15 is 0 Å². The number of benzene rings is 2. The van der Waals surface area contributed by atoms with Crippen molar-refractivity contribution in [3.8, 4) is 0 Å². The highest BCUT2D eigenvalue weighted by atomic mass is 79.9. The van der Waals surface area contributed by atoms with Crippen LogP contribution < -0.4 is 5.32 Å². The zero-order valence-electron chi connectivity index (χ0n) is 10.8. The molecular formula is C15H13Br2ClFN. The van der Waals surface area contributed by atoms with Gasteiger partial charge in [0, 0.05) is 15.5 Å². The molecule has 0 spiro atoms. The maximum absolute atomic E-state index is 13.6. The number of hydrogen-bond donors (Lipinski definition) is 1. The first kappa shape index (κ1) is 16.0. The molecule has 0 fully saturated rings. The highest BCUT2D eigenvalue weighted by Gasteiger charge is 2.16. The van der Waals surface area contributed by atoms with Gasteiger partial charge >= 0.3 is 0 Å². The highest BCUT2D eigenvalue weighted by Crippen LogP contribution is 2.30. The van der Waals surface area contributed by atoms with Crippen molar-refractivity contribution in [3.05, 3.63) is 67.3 Å². The van der Waals surface area contributed by atoms with Gasteiger partial charge in [0.2, 0.25) is 0 Å². The molecule has 0 aromatic heterocycles. The smallest absolute Gasteiger partial charge is 0.137 e. The lowest BCUT2D eigenvalue weighted by Crippen LogP contribution is -2.19. The largest absolute Gasteiger partial charge is 0.313 e. The number of likely N-dealkylation sites (N-methyl/N-ethyl adjacent to an activating group) is 1. The molecule has 2 aromatic carbocycles. The van der Waals surface area contributed by atoms with E-state index in [-0.39, 0.29) is 11.9 Å². The molecular weight excluding hydrogens is 408 g/mol. The summed E-state index contributed by atoms with van der Waals surface area (Å²) in [6.45, 7) is 0. The van der Waals surface area contributed by atoms with Crippen LogP contribution in [0.25, 0.3) is 0 Å². The van der Waals surface area contributed by atoms with Gasteiger partial charge in [-0.25, -0.2) is 4.39 Å². The van der Waals surface area contributed by atoms with Crippen LogP contribution in [0.4, 0.5) is 4.39 Å². The average molecular weight is 422 g/mol. The molecule has 2 rings (SSSR count). The van der Waals surface area contributed by atoms with Gasteiger partial charge in [-0.2, -0.15) is 0 Å². The Bertz CT molecular complexity index is 619. The van der Waals surface area contributed by atoms with Gasteiger partial charge in [-0.05, 0) is 58.7 Å². The molecule has 0 saturated heterocycles. The number of hydrogen-bond acceptors (Lipinski definition) is 1. The molecule has 2 aromatic rings. The van der Waals surface area contributed by atoms with Gasteiger partial charge in [-0.1, -0.05) is 45.7 Å². The quantitative estimate of drug-likeness (QED) is 0.687. The fourth-order valence-electron chi connectivity index (χ4n) is 2.06. The molecule has 0 bridgehead atoms. The van der Waals surface area contributed by atoms with E-state index in [1.165, 1.54) is 6.07 Å². The van der Waals surface area contributed by atoms with Gasteiger partial charge < -0.3 is 5.32 Å². The van der Waals surface area contributed by atoms with Crippen molar-refractivity contribution in [1.29, 1.82) is 0 Å². The van der Waals surface area contributed by atoms with E-state index in [4.69, 9.17) is 11.6 Å². The number of halogens is 4. The van der Waals surface area contributed by atoms with Crippen molar-refractivity contribution in [3.63, 3.8) is 0 Å². The van der Waals surface area contributed by atoms with Gasteiger partial charge in [0.1, 0.15) is 5.82 Å². The minimum Gasteiger partial charge on any atom is -0.313 e. The summed E-state index contributed by atoms with van der Waals surface area (Å²) in [6, 6.07) is 10.8. The van der Waals surface area contributed by atoms with E-state index in [9.17, 15) is 4.39 Å². The fourth-order valence-corrected chi connectivity index (χ4v) is 3.36. The summed E-state index contributed by atoms with van der Waals surface area (Å²) in [5, 5.41) is 3.91. The second kappa shape index (κ2) is 7.03. The predicted molar refractivity (Wildman–Crippen MR) is 88.8 cm³/mol. The first-order valence-electron chi connectivity index (χ1n) is 6.08. The minimum atomic E-state index is -0.260. The zero-order chi connectivity index (χ0) is 14.7. The van der Waals surface area contributed by atoms with Crippen LogP contribution in [0.15, 0.2) is 45.3 Å². The highest BCUT2D eigenvalue weighted by molar-refractivity contribution is 9.10. The standard InChI is InChI=1S/C15H13Br2ClFN/c1-20-14(11-3-2-4-13(19)15(11)17)7-9-5-6-10(16)8-12(9)18/h2-6,8,14,20H,7H2,1H3. The maximum Gasteiger partial charge on any atom is 0.137 e. The van der Waals surface area contributed by atoms with Crippen LogP contribution in [0.1, 0.15) is 17.2 Å². The summed E-state index contributed by atoms with van der Waals surface area (Å²) in [6.07, 6.45) is 0.685. The molecule has 106 valence electrons. The molecule has 0 radical (unpaired) electrons. The van der Waals surface area contributed by atoms with Gasteiger partial charge in [-0.15, -0.1) is 0 Å². The molecule has 1 atom stereocenters. The summed E-state index contributed by atoms with van der Waals surface area (Å²) in [5.74, 6) is -0.260. The Hall–Kier alpha value is -0.420. The van der Waals surface area contributed by atoms with Crippen molar-refractivity contribution in [1.82, 2.24) is 5.32 Å². The lowest BCUT2D eigenvalue weighted by atomic mass is 9.99. The Balaban J connectivity index is 2.31. The second-order valence-corrected chi connectivity index (χ2v) is 6.54. The van der Waals surface area contributed by atoms with Gasteiger partial charge in [0.25, 0.3) is 0 Å². The molecule has 0 aliphatic heterocycles. The van der Waals surface area contributed by atoms with Crippen molar-refractivity contribution in [2.45, 2.75) is 12.5 Å². The van der Waals surface area contributed by atoms with E-state index in [0.717, 1.165) is 15.6 Å². The van der Waals surface area contributed by atoms with Gasteiger partial charge in [0.05, 0.1) is 4.47 Å². The van der Waals surface area contributed by atoms with Crippen molar-refractivity contribution < 1.29 is 4.39 Å². The van der Waals surface area contributed by atoms with Crippen LogP contribution in [-0.4, -0.2) is 7.05 Å². The molecule has 1 unspecified atom stereocenters. The number of nitrogens with one attached hydrogen (secondary N) is 1. The Labute approximate surface area is 139 Å². The van der Waals surface area contributed by atoms with Crippen molar-refractivity contribution >= 4 is 43.5 Å². The molecule has 0 saturated carbocycles. The van der Waals surface area contributed by atoms with Gasteiger partial charge in [0.15, 0.2) is 0 Å². The molecule has 0 amide bonds. The van der Waals surface area contributed by atoms with Crippen LogP contribution in [-0.2, 0) is 6.42 Å². The Morgan fingerprint density at radius 1 is 1.25 bits per heavy atom. The van der Waals surface area contributed by atoms with Gasteiger partial charge in [-0.3, -0.25) is 0 Å². The van der Waals surface area contributed by atoms with E-state index in [1.54, 1.807) is 6.07 Å². The van der Waals surface area contributed by atoms with E-state index in [1.807, 2.05) is 31.3 Å². The van der Waals surface area contributed by atoms with Crippen LogP contribution in [0.5, 0.6) is 0 Å². The summed E-state index contributed by atoms with van der Waals surface area (Å²) in [7, 11) is 1.86. The Kier molecular flexibility index (Phi) is 5.61. The summed E-state index contributed by atoms with van der Waals surface area (Å²) in [4.78, 5) is 0.